The van der Waals surface area contributed by atoms with Gasteiger partial charge in [0.05, 0.1) is 29.3 Å². The fourth-order valence-corrected chi connectivity index (χ4v) is 5.66. The zero-order valence-corrected chi connectivity index (χ0v) is 26.4. The third-order valence-electron chi connectivity index (χ3n) is 7.67. The van der Waals surface area contributed by atoms with Crippen molar-refractivity contribution in [3.05, 3.63) is 126 Å². The molecule has 0 aliphatic heterocycles. The van der Waals surface area contributed by atoms with Gasteiger partial charge in [-0.2, -0.15) is 0 Å². The van der Waals surface area contributed by atoms with Crippen LogP contribution in [0.1, 0.15) is 57.4 Å². The van der Waals surface area contributed by atoms with Crippen LogP contribution >= 0.6 is 0 Å². The minimum Gasteiger partial charge on any atom is -0.488 e. The maximum Gasteiger partial charge on any atom is 0.419 e. The number of fused-ring (bicyclic) bond motifs is 2. The first-order valence-corrected chi connectivity index (χ1v) is 15.0. The first kappa shape index (κ1) is 31.0. The van der Waals surface area contributed by atoms with E-state index < -0.39 is 23.6 Å². The number of hydrogen-bond donors (Lipinski definition) is 0. The molecule has 0 spiro atoms. The van der Waals surface area contributed by atoms with Crippen molar-refractivity contribution >= 4 is 46.1 Å². The Labute approximate surface area is 270 Å². The minimum atomic E-state index is -0.759. The molecule has 6 aromatic rings. The molecular formula is C38H32N2O7. The Morgan fingerprint density at radius 2 is 1.47 bits per heavy atom. The first-order valence-electron chi connectivity index (χ1n) is 15.0. The number of nitrogens with zero attached hydrogens (tertiary/aromatic N) is 2. The molecule has 0 fully saturated rings. The lowest BCUT2D eigenvalue weighted by atomic mass is 9.97. The average Bonchev–Trinajstić information content (AvgIpc) is 3.66. The van der Waals surface area contributed by atoms with Gasteiger partial charge in [0.1, 0.15) is 18.0 Å². The summed E-state index contributed by atoms with van der Waals surface area (Å²) in [7, 11) is 1.28. The fraction of sp³-hybridized carbons (Fsp3) is 0.158. The van der Waals surface area contributed by atoms with Crippen LogP contribution in [-0.4, -0.2) is 46.1 Å². The quantitative estimate of drug-likeness (QED) is 0.131. The van der Waals surface area contributed by atoms with Crippen molar-refractivity contribution in [1.82, 2.24) is 9.13 Å². The summed E-state index contributed by atoms with van der Waals surface area (Å²) in [6, 6.07) is 27.1. The van der Waals surface area contributed by atoms with Gasteiger partial charge in [0.25, 0.3) is 5.91 Å². The van der Waals surface area contributed by atoms with Gasteiger partial charge in [0, 0.05) is 34.3 Å². The SMILES string of the molecule is COC(=O)c1cn(C(=O)c2ccccc2OCc2ccccc2)c2c(-c3cccc4c3c(C=O)cn4C(=O)OC(C)(C)C)cccc12. The minimum absolute atomic E-state index is 0.189. The number of carbonyl (C=O) groups excluding carboxylic acids is 4. The van der Waals surface area contributed by atoms with Crippen LogP contribution in [0, 0.1) is 0 Å². The Hall–Kier alpha value is -5.96. The molecule has 47 heavy (non-hydrogen) atoms. The van der Waals surface area contributed by atoms with Gasteiger partial charge < -0.3 is 14.2 Å². The summed E-state index contributed by atoms with van der Waals surface area (Å²) in [5, 5.41) is 0.967. The molecule has 2 aromatic heterocycles. The van der Waals surface area contributed by atoms with E-state index in [0.29, 0.717) is 45.0 Å². The Bertz CT molecular complexity index is 2170. The Balaban J connectivity index is 1.55. The molecule has 0 atom stereocenters. The number of rotatable bonds is 7. The second kappa shape index (κ2) is 12.4. The molecule has 0 N–H and O–H groups in total. The molecule has 4 aromatic carbocycles. The zero-order chi connectivity index (χ0) is 33.3. The number of carbonyl (C=O) groups is 4. The normalized spacial score (nSPS) is 11.4. The second-order valence-corrected chi connectivity index (χ2v) is 11.9. The van der Waals surface area contributed by atoms with E-state index in [4.69, 9.17) is 14.2 Å². The van der Waals surface area contributed by atoms with E-state index in [-0.39, 0.29) is 23.3 Å². The van der Waals surface area contributed by atoms with Gasteiger partial charge >= 0.3 is 12.1 Å². The highest BCUT2D eigenvalue weighted by Gasteiger charge is 2.27. The molecule has 0 aliphatic rings. The highest BCUT2D eigenvalue weighted by atomic mass is 16.6. The number of aldehydes is 1. The molecule has 9 nitrogen and oxygen atoms in total. The Morgan fingerprint density at radius 3 is 2.19 bits per heavy atom. The molecule has 0 saturated carbocycles. The highest BCUT2D eigenvalue weighted by Crippen LogP contribution is 2.39. The van der Waals surface area contributed by atoms with Crippen molar-refractivity contribution in [3.63, 3.8) is 0 Å². The van der Waals surface area contributed by atoms with E-state index in [1.807, 2.05) is 30.3 Å². The van der Waals surface area contributed by atoms with Gasteiger partial charge in [-0.05, 0) is 50.1 Å². The number of benzene rings is 4. The Kier molecular flexibility index (Phi) is 8.22. The zero-order valence-electron chi connectivity index (χ0n) is 26.4. The largest absolute Gasteiger partial charge is 0.488 e. The fourth-order valence-electron chi connectivity index (χ4n) is 5.66. The van der Waals surface area contributed by atoms with E-state index in [9.17, 15) is 19.2 Å². The molecule has 236 valence electrons. The molecule has 0 saturated heterocycles. The molecule has 0 aliphatic carbocycles. The Morgan fingerprint density at radius 1 is 0.766 bits per heavy atom. The summed E-state index contributed by atoms with van der Waals surface area (Å²) < 4.78 is 19.5. The van der Waals surface area contributed by atoms with Crippen molar-refractivity contribution in [3.8, 4) is 16.9 Å². The average molecular weight is 629 g/mol. The van der Waals surface area contributed by atoms with Crippen LogP contribution in [0.5, 0.6) is 5.75 Å². The number of para-hydroxylation sites is 2. The summed E-state index contributed by atoms with van der Waals surface area (Å²) in [6.45, 7) is 5.54. The smallest absolute Gasteiger partial charge is 0.419 e. The van der Waals surface area contributed by atoms with Crippen LogP contribution in [0.4, 0.5) is 4.79 Å². The lowest BCUT2D eigenvalue weighted by Crippen LogP contribution is -2.26. The summed E-state index contributed by atoms with van der Waals surface area (Å²) in [5.41, 5.74) is 2.93. The monoisotopic (exact) mass is 628 g/mol. The van der Waals surface area contributed by atoms with Crippen molar-refractivity contribution < 1.29 is 33.4 Å². The van der Waals surface area contributed by atoms with E-state index in [1.165, 1.54) is 28.6 Å². The highest BCUT2D eigenvalue weighted by molar-refractivity contribution is 6.17. The number of methoxy groups -OCH3 is 1. The van der Waals surface area contributed by atoms with Crippen molar-refractivity contribution in [1.29, 1.82) is 0 Å². The van der Waals surface area contributed by atoms with E-state index in [0.717, 1.165) is 5.56 Å². The summed E-state index contributed by atoms with van der Waals surface area (Å²) in [6.07, 6.45) is 2.95. The van der Waals surface area contributed by atoms with Gasteiger partial charge in [0.15, 0.2) is 6.29 Å². The molecule has 0 radical (unpaired) electrons. The number of hydrogen-bond acceptors (Lipinski definition) is 7. The lowest BCUT2D eigenvalue weighted by Gasteiger charge is -2.19. The third-order valence-corrected chi connectivity index (χ3v) is 7.67. The van der Waals surface area contributed by atoms with Gasteiger partial charge in [0.2, 0.25) is 0 Å². The van der Waals surface area contributed by atoms with Crippen LogP contribution < -0.4 is 4.74 Å². The molecule has 6 rings (SSSR count). The number of ether oxygens (including phenoxy) is 3. The van der Waals surface area contributed by atoms with Gasteiger partial charge in [-0.1, -0.05) is 72.8 Å². The van der Waals surface area contributed by atoms with Crippen molar-refractivity contribution in [2.24, 2.45) is 0 Å². The predicted octanol–water partition coefficient (Wildman–Crippen LogP) is 7.91. The number of esters is 1. The summed E-state index contributed by atoms with van der Waals surface area (Å²) >= 11 is 0. The second-order valence-electron chi connectivity index (χ2n) is 11.9. The van der Waals surface area contributed by atoms with Gasteiger partial charge in [-0.25, -0.2) is 9.59 Å². The summed E-state index contributed by atoms with van der Waals surface area (Å²) in [5.74, 6) is -0.675. The molecule has 0 amide bonds. The molecule has 9 heteroatoms. The molecule has 0 unspecified atom stereocenters. The van der Waals surface area contributed by atoms with Crippen LogP contribution in [0.25, 0.3) is 32.9 Å². The summed E-state index contributed by atoms with van der Waals surface area (Å²) in [4.78, 5) is 53.0. The first-order chi connectivity index (χ1) is 22.6. The van der Waals surface area contributed by atoms with Crippen LogP contribution in [-0.2, 0) is 16.1 Å². The lowest BCUT2D eigenvalue weighted by molar-refractivity contribution is 0.0542. The number of aromatic nitrogens is 2. The van der Waals surface area contributed by atoms with E-state index in [1.54, 1.807) is 81.4 Å². The van der Waals surface area contributed by atoms with Gasteiger partial charge in [-0.15, -0.1) is 0 Å². The standard InChI is InChI=1S/C38H32N2O7/c1-38(2,3)47-37(44)39-20-25(22-41)33-26(15-11-18-31(33)39)27-16-10-17-28-30(36(43)45-4)21-40(34(27)28)35(42)29-14-8-9-19-32(29)46-23-24-12-6-5-7-13-24/h5-22H,23H2,1-4H3. The maximum atomic E-state index is 14.4. The molecular weight excluding hydrogens is 596 g/mol. The topological polar surface area (TPSA) is 106 Å². The van der Waals surface area contributed by atoms with Gasteiger partial charge in [-0.3, -0.25) is 18.7 Å². The maximum absolute atomic E-state index is 14.4. The van der Waals surface area contributed by atoms with Crippen LogP contribution in [0.3, 0.4) is 0 Å². The van der Waals surface area contributed by atoms with Crippen LogP contribution in [0.15, 0.2) is 103 Å². The van der Waals surface area contributed by atoms with Crippen LogP contribution in [0.2, 0.25) is 0 Å². The van der Waals surface area contributed by atoms with E-state index >= 15 is 0 Å². The van der Waals surface area contributed by atoms with E-state index in [2.05, 4.69) is 0 Å². The molecule has 0 bridgehead atoms. The third kappa shape index (κ3) is 5.91. The molecule has 2 heterocycles. The van der Waals surface area contributed by atoms with Crippen molar-refractivity contribution in [2.75, 3.05) is 7.11 Å². The predicted molar refractivity (Wildman–Crippen MR) is 178 cm³/mol. The van der Waals surface area contributed by atoms with Crippen molar-refractivity contribution in [2.45, 2.75) is 33.0 Å².